The van der Waals surface area contributed by atoms with E-state index in [-0.39, 0.29) is 17.1 Å². The van der Waals surface area contributed by atoms with Gasteiger partial charge in [-0.15, -0.1) is 0 Å². The van der Waals surface area contributed by atoms with Crippen LogP contribution in [0.3, 0.4) is 0 Å². The van der Waals surface area contributed by atoms with Crippen LogP contribution in [0.5, 0.6) is 0 Å². The Morgan fingerprint density at radius 1 is 1.13 bits per heavy atom. The predicted molar refractivity (Wildman–Crippen MR) is 99.1 cm³/mol. The normalized spacial score (nSPS) is 11.6. The highest BCUT2D eigenvalue weighted by Gasteiger charge is 2.13. The van der Waals surface area contributed by atoms with Gasteiger partial charge in [-0.3, -0.25) is 10.1 Å². The summed E-state index contributed by atoms with van der Waals surface area (Å²) in [6.07, 6.45) is 0.836. The molecule has 0 aliphatic rings. The molecule has 2 aromatic carbocycles. The van der Waals surface area contributed by atoms with Crippen LogP contribution < -0.4 is 10.6 Å². The van der Waals surface area contributed by atoms with Gasteiger partial charge in [0, 0.05) is 15.6 Å². The Morgan fingerprint density at radius 2 is 1.74 bits per heavy atom. The van der Waals surface area contributed by atoms with Gasteiger partial charge in [0.1, 0.15) is 0 Å². The number of halogens is 2. The van der Waals surface area contributed by atoms with Crippen molar-refractivity contribution in [2.24, 2.45) is 0 Å². The first-order chi connectivity index (χ1) is 11.0. The molecule has 0 fully saturated rings. The van der Waals surface area contributed by atoms with E-state index in [0.717, 1.165) is 12.0 Å². The molecule has 2 rings (SSSR count). The van der Waals surface area contributed by atoms with Crippen molar-refractivity contribution in [1.82, 2.24) is 10.6 Å². The average Bonchev–Trinajstić information content (AvgIpc) is 2.52. The molecule has 0 spiro atoms. The van der Waals surface area contributed by atoms with E-state index in [4.69, 9.17) is 35.4 Å². The van der Waals surface area contributed by atoms with Gasteiger partial charge in [-0.1, -0.05) is 60.5 Å². The number of hydrogen-bond donors (Lipinski definition) is 2. The molecule has 2 N–H and O–H groups in total. The lowest BCUT2D eigenvalue weighted by molar-refractivity contribution is 0.0976. The highest BCUT2D eigenvalue weighted by molar-refractivity contribution is 7.80. The highest BCUT2D eigenvalue weighted by atomic mass is 35.5. The Kier molecular flexibility index (Phi) is 6.39. The van der Waals surface area contributed by atoms with Crippen molar-refractivity contribution in [3.63, 3.8) is 0 Å². The fourth-order valence-corrected chi connectivity index (χ4v) is 2.92. The van der Waals surface area contributed by atoms with Crippen molar-refractivity contribution in [3.8, 4) is 0 Å². The minimum Gasteiger partial charge on any atom is -0.356 e. The van der Waals surface area contributed by atoms with Crippen molar-refractivity contribution in [2.75, 3.05) is 0 Å². The molecule has 1 amide bonds. The molecule has 2 aromatic rings. The van der Waals surface area contributed by atoms with Crippen LogP contribution >= 0.6 is 35.4 Å². The van der Waals surface area contributed by atoms with Crippen molar-refractivity contribution < 1.29 is 4.79 Å². The van der Waals surface area contributed by atoms with Crippen LogP contribution in [-0.2, 0) is 0 Å². The first-order valence-corrected chi connectivity index (χ1v) is 8.29. The number of carbonyl (C=O) groups is 1. The SMILES string of the molecule is CCC(NC(=S)NC(=O)c1cc(Cl)cc(Cl)c1)c1ccccc1. The predicted octanol–water partition coefficient (Wildman–Crippen LogP) is 4.75. The summed E-state index contributed by atoms with van der Waals surface area (Å²) in [5, 5.41) is 6.86. The summed E-state index contributed by atoms with van der Waals surface area (Å²) < 4.78 is 0. The molecule has 1 unspecified atom stereocenters. The average molecular weight is 367 g/mol. The van der Waals surface area contributed by atoms with E-state index in [2.05, 4.69) is 10.6 Å². The molecule has 0 saturated carbocycles. The fraction of sp³-hybridized carbons (Fsp3) is 0.176. The number of amides is 1. The summed E-state index contributed by atoms with van der Waals surface area (Å²) in [6.45, 7) is 2.05. The standard InChI is InChI=1S/C17H16Cl2N2OS/c1-2-15(11-6-4-3-5-7-11)20-17(23)21-16(22)12-8-13(18)10-14(19)9-12/h3-10,15H,2H2,1H3,(H2,20,21,22,23). The monoisotopic (exact) mass is 366 g/mol. The van der Waals surface area contributed by atoms with E-state index in [0.29, 0.717) is 15.6 Å². The van der Waals surface area contributed by atoms with Crippen LogP contribution in [0.1, 0.15) is 35.3 Å². The second-order valence-electron chi connectivity index (χ2n) is 4.96. The Morgan fingerprint density at radius 3 is 2.30 bits per heavy atom. The zero-order chi connectivity index (χ0) is 16.8. The summed E-state index contributed by atoms with van der Waals surface area (Å²) in [5.74, 6) is -0.352. The topological polar surface area (TPSA) is 41.1 Å². The molecule has 0 saturated heterocycles. The number of rotatable bonds is 4. The van der Waals surface area contributed by atoms with E-state index < -0.39 is 0 Å². The van der Waals surface area contributed by atoms with Crippen LogP contribution in [0.4, 0.5) is 0 Å². The molecule has 23 heavy (non-hydrogen) atoms. The molecule has 0 aliphatic heterocycles. The van der Waals surface area contributed by atoms with Gasteiger partial charge in [0.05, 0.1) is 6.04 Å². The zero-order valence-electron chi connectivity index (χ0n) is 12.5. The van der Waals surface area contributed by atoms with Gasteiger partial charge >= 0.3 is 0 Å². The van der Waals surface area contributed by atoms with Gasteiger partial charge in [-0.2, -0.15) is 0 Å². The Balaban J connectivity index is 2.02. The van der Waals surface area contributed by atoms with Crippen LogP contribution in [0.25, 0.3) is 0 Å². The van der Waals surface area contributed by atoms with Crippen molar-refractivity contribution in [1.29, 1.82) is 0 Å². The quantitative estimate of drug-likeness (QED) is 0.767. The minimum atomic E-state index is -0.352. The van der Waals surface area contributed by atoms with Gasteiger partial charge in [0.2, 0.25) is 0 Å². The van der Waals surface area contributed by atoms with Crippen molar-refractivity contribution >= 4 is 46.4 Å². The van der Waals surface area contributed by atoms with Crippen LogP contribution in [0.15, 0.2) is 48.5 Å². The molecular formula is C17H16Cl2N2OS. The summed E-state index contributed by atoms with van der Waals surface area (Å²) >= 11 is 17.0. The zero-order valence-corrected chi connectivity index (χ0v) is 14.8. The number of carbonyl (C=O) groups excluding carboxylic acids is 1. The van der Waals surface area contributed by atoms with Crippen molar-refractivity contribution in [2.45, 2.75) is 19.4 Å². The van der Waals surface area contributed by atoms with Gasteiger partial charge < -0.3 is 5.32 Å². The third-order valence-corrected chi connectivity index (χ3v) is 3.92. The largest absolute Gasteiger partial charge is 0.356 e. The van der Waals surface area contributed by atoms with Gasteiger partial charge in [0.25, 0.3) is 5.91 Å². The molecule has 0 bridgehead atoms. The highest BCUT2D eigenvalue weighted by Crippen LogP contribution is 2.19. The van der Waals surface area contributed by atoms with Crippen LogP contribution in [0.2, 0.25) is 10.0 Å². The molecule has 0 aliphatic carbocycles. The second-order valence-corrected chi connectivity index (χ2v) is 6.24. The molecule has 6 heteroatoms. The van der Waals surface area contributed by atoms with E-state index in [9.17, 15) is 4.79 Å². The lowest BCUT2D eigenvalue weighted by Gasteiger charge is -2.19. The lowest BCUT2D eigenvalue weighted by Crippen LogP contribution is -2.40. The number of thiocarbonyl (C=S) groups is 1. The van der Waals surface area contributed by atoms with Crippen LogP contribution in [-0.4, -0.2) is 11.0 Å². The molecule has 1 atom stereocenters. The second kappa shape index (κ2) is 8.29. The van der Waals surface area contributed by atoms with Crippen molar-refractivity contribution in [3.05, 3.63) is 69.7 Å². The molecule has 0 heterocycles. The molecular weight excluding hydrogens is 351 g/mol. The van der Waals surface area contributed by atoms with Crippen LogP contribution in [0, 0.1) is 0 Å². The van der Waals surface area contributed by atoms with Gasteiger partial charge in [-0.25, -0.2) is 0 Å². The smallest absolute Gasteiger partial charge is 0.257 e. The summed E-state index contributed by atoms with van der Waals surface area (Å²) in [6, 6.07) is 14.6. The molecule has 120 valence electrons. The first-order valence-electron chi connectivity index (χ1n) is 7.12. The maximum atomic E-state index is 12.2. The van der Waals surface area contributed by atoms with Gasteiger partial charge in [-0.05, 0) is 42.4 Å². The molecule has 0 radical (unpaired) electrons. The Hall–Kier alpha value is -1.62. The van der Waals surface area contributed by atoms with Gasteiger partial charge in [0.15, 0.2) is 5.11 Å². The number of benzene rings is 2. The molecule has 0 aromatic heterocycles. The van der Waals surface area contributed by atoms with E-state index in [1.54, 1.807) is 18.2 Å². The minimum absolute atomic E-state index is 0.0342. The van der Waals surface area contributed by atoms with E-state index in [1.165, 1.54) is 0 Å². The third-order valence-electron chi connectivity index (χ3n) is 3.27. The summed E-state index contributed by atoms with van der Waals surface area (Å²) in [4.78, 5) is 12.2. The maximum absolute atomic E-state index is 12.2. The Bertz CT molecular complexity index is 687. The number of nitrogens with one attached hydrogen (secondary N) is 2. The molecule has 3 nitrogen and oxygen atoms in total. The fourth-order valence-electron chi connectivity index (χ4n) is 2.16. The third kappa shape index (κ3) is 5.20. The summed E-state index contributed by atoms with van der Waals surface area (Å²) in [5.41, 5.74) is 1.47. The van der Waals surface area contributed by atoms with E-state index in [1.807, 2.05) is 37.3 Å². The lowest BCUT2D eigenvalue weighted by atomic mass is 10.1. The first kappa shape index (κ1) is 17.7. The maximum Gasteiger partial charge on any atom is 0.257 e. The van der Waals surface area contributed by atoms with E-state index >= 15 is 0 Å². The number of hydrogen-bond acceptors (Lipinski definition) is 2. The summed E-state index contributed by atoms with van der Waals surface area (Å²) in [7, 11) is 0. The Labute approximate surface area is 151 Å².